The van der Waals surface area contributed by atoms with E-state index in [9.17, 15) is 0 Å². The maximum Gasteiger partial charge on any atom is -0.0141 e. The van der Waals surface area contributed by atoms with Crippen molar-refractivity contribution in [1.82, 2.24) is 0 Å². The molecule has 0 bridgehead atoms. The lowest BCUT2D eigenvalue weighted by atomic mass is 9.45. The van der Waals surface area contributed by atoms with Crippen LogP contribution in [0, 0.1) is 39.4 Å². The van der Waals surface area contributed by atoms with Gasteiger partial charge in [0.15, 0.2) is 0 Å². The van der Waals surface area contributed by atoms with Gasteiger partial charge in [-0.15, -0.1) is 0 Å². The molecule has 2 fully saturated rings. The molecule has 22 heavy (non-hydrogen) atoms. The van der Waals surface area contributed by atoms with Gasteiger partial charge in [-0.2, -0.15) is 0 Å². The molecule has 0 radical (unpaired) electrons. The molecule has 0 aromatic carbocycles. The minimum absolute atomic E-state index is 0.419. The Labute approximate surface area is 139 Å². The largest absolute Gasteiger partial charge is 0.0805 e. The third-order valence-electron chi connectivity index (χ3n) is 8.10. The van der Waals surface area contributed by atoms with E-state index in [0.29, 0.717) is 21.7 Å². The lowest BCUT2D eigenvalue weighted by Crippen LogP contribution is -2.50. The van der Waals surface area contributed by atoms with Crippen LogP contribution >= 0.6 is 0 Å². The van der Waals surface area contributed by atoms with Crippen molar-refractivity contribution < 1.29 is 0 Å². The molecule has 0 heteroatoms. The van der Waals surface area contributed by atoms with Gasteiger partial charge >= 0.3 is 0 Å². The second kappa shape index (κ2) is 4.64. The van der Waals surface area contributed by atoms with Crippen molar-refractivity contribution in [1.29, 1.82) is 0 Å². The molecule has 0 amide bonds. The molecule has 0 N–H and O–H groups in total. The highest BCUT2D eigenvalue weighted by Crippen LogP contribution is 2.64. The first kappa shape index (κ1) is 16.6. The Bertz CT molecular complexity index is 486. The average Bonchev–Trinajstić information content (AvgIpc) is 2.40. The zero-order valence-electron chi connectivity index (χ0n) is 16.3. The van der Waals surface area contributed by atoms with Crippen molar-refractivity contribution >= 4 is 0 Å². The van der Waals surface area contributed by atoms with E-state index in [1.807, 2.05) is 5.57 Å². The molecule has 2 saturated carbocycles. The summed E-state index contributed by atoms with van der Waals surface area (Å²) in [5.74, 6) is 2.47. The predicted octanol–water partition coefficient (Wildman–Crippen LogP) is 6.86. The number of fused-ring (bicyclic) bond motifs is 2. The monoisotopic (exact) mass is 302 g/mol. The van der Waals surface area contributed by atoms with Gasteiger partial charge in [0.1, 0.15) is 0 Å². The standard InChI is InChI=1S/C22H38/c1-19(2)9-10-20(3,4)16-14-18-17(13-15(16)19)21(5,6)11-12-22(18,7)8/h13,15-16,18H,9-12,14H2,1-8H3. The van der Waals surface area contributed by atoms with Crippen molar-refractivity contribution in [3.8, 4) is 0 Å². The molecule has 126 valence electrons. The van der Waals surface area contributed by atoms with Gasteiger partial charge in [0.2, 0.25) is 0 Å². The van der Waals surface area contributed by atoms with Crippen molar-refractivity contribution in [2.45, 2.75) is 87.5 Å². The van der Waals surface area contributed by atoms with Gasteiger partial charge in [0.25, 0.3) is 0 Å². The normalized spacial score (nSPS) is 41.1. The maximum absolute atomic E-state index is 2.79. The first-order chi connectivity index (χ1) is 9.87. The van der Waals surface area contributed by atoms with E-state index in [4.69, 9.17) is 0 Å². The summed E-state index contributed by atoms with van der Waals surface area (Å²) < 4.78 is 0. The van der Waals surface area contributed by atoms with Crippen molar-refractivity contribution in [2.75, 3.05) is 0 Å². The van der Waals surface area contributed by atoms with Gasteiger partial charge in [-0.25, -0.2) is 0 Å². The third kappa shape index (κ3) is 2.40. The molecule has 0 nitrogen and oxygen atoms in total. The van der Waals surface area contributed by atoms with Gasteiger partial charge in [0.05, 0.1) is 0 Å². The fraction of sp³-hybridized carbons (Fsp3) is 0.909. The van der Waals surface area contributed by atoms with Crippen LogP contribution in [0.2, 0.25) is 0 Å². The summed E-state index contributed by atoms with van der Waals surface area (Å²) in [5.41, 5.74) is 3.72. The van der Waals surface area contributed by atoms with Crippen molar-refractivity contribution in [3.63, 3.8) is 0 Å². The molecule has 3 rings (SSSR count). The second-order valence-corrected chi connectivity index (χ2v) is 11.4. The van der Waals surface area contributed by atoms with Crippen LogP contribution in [-0.4, -0.2) is 0 Å². The summed E-state index contributed by atoms with van der Waals surface area (Å²) in [4.78, 5) is 0. The molecule has 3 atom stereocenters. The Balaban J connectivity index is 2.09. The average molecular weight is 303 g/mol. The van der Waals surface area contributed by atoms with Crippen LogP contribution in [-0.2, 0) is 0 Å². The zero-order chi connectivity index (χ0) is 16.6. The highest BCUT2D eigenvalue weighted by atomic mass is 14.6. The molecule has 3 unspecified atom stereocenters. The first-order valence-electron chi connectivity index (χ1n) is 9.59. The number of rotatable bonds is 0. The SMILES string of the molecule is CC1(C)CCC(C)(C)C2CC3C(C=C21)C(C)(C)CCC3(C)C. The Hall–Kier alpha value is -0.260. The van der Waals surface area contributed by atoms with Gasteiger partial charge < -0.3 is 0 Å². The van der Waals surface area contributed by atoms with E-state index in [1.54, 1.807) is 0 Å². The lowest BCUT2D eigenvalue weighted by molar-refractivity contribution is -0.0379. The van der Waals surface area contributed by atoms with Crippen LogP contribution in [0.3, 0.4) is 0 Å². The zero-order valence-corrected chi connectivity index (χ0v) is 16.3. The maximum atomic E-state index is 2.79. The molecule has 0 aromatic heterocycles. The highest BCUT2D eigenvalue weighted by molar-refractivity contribution is 5.28. The van der Waals surface area contributed by atoms with Crippen molar-refractivity contribution in [3.05, 3.63) is 11.6 Å². The quantitative estimate of drug-likeness (QED) is 0.429. The smallest absolute Gasteiger partial charge is 0.0141 e. The van der Waals surface area contributed by atoms with E-state index in [-0.39, 0.29) is 0 Å². The topological polar surface area (TPSA) is 0 Å². The number of allylic oxidation sites excluding steroid dienone is 2. The van der Waals surface area contributed by atoms with Crippen LogP contribution in [0.1, 0.15) is 87.5 Å². The Kier molecular flexibility index (Phi) is 3.50. The van der Waals surface area contributed by atoms with Gasteiger partial charge in [-0.1, -0.05) is 67.0 Å². The molecule has 3 aliphatic rings. The number of hydrogen-bond donors (Lipinski definition) is 0. The summed E-state index contributed by atoms with van der Waals surface area (Å²) in [6, 6.07) is 0. The summed E-state index contributed by atoms with van der Waals surface area (Å²) in [6.07, 6.45) is 9.77. The molecule has 0 aliphatic heterocycles. The molecule has 0 saturated heterocycles. The molecule has 3 aliphatic carbocycles. The predicted molar refractivity (Wildman–Crippen MR) is 96.8 cm³/mol. The summed E-state index contributed by atoms with van der Waals surface area (Å²) in [7, 11) is 0. The minimum Gasteiger partial charge on any atom is -0.0805 e. The van der Waals surface area contributed by atoms with Crippen LogP contribution in [0.4, 0.5) is 0 Å². The summed E-state index contributed by atoms with van der Waals surface area (Å²) >= 11 is 0. The molecular weight excluding hydrogens is 264 g/mol. The van der Waals surface area contributed by atoms with E-state index >= 15 is 0 Å². The van der Waals surface area contributed by atoms with E-state index in [2.05, 4.69) is 61.5 Å². The Morgan fingerprint density at radius 2 is 1.27 bits per heavy atom. The van der Waals surface area contributed by atoms with Gasteiger partial charge in [-0.05, 0) is 71.5 Å². The summed E-state index contributed by atoms with van der Waals surface area (Å²) in [6.45, 7) is 20.2. The van der Waals surface area contributed by atoms with Crippen molar-refractivity contribution in [2.24, 2.45) is 39.4 Å². The Morgan fingerprint density at radius 3 is 1.91 bits per heavy atom. The lowest BCUT2D eigenvalue weighted by Gasteiger charge is -2.60. The van der Waals surface area contributed by atoms with Gasteiger partial charge in [-0.3, -0.25) is 0 Å². The fourth-order valence-electron chi connectivity index (χ4n) is 5.92. The highest BCUT2D eigenvalue weighted by Gasteiger charge is 2.54. The molecule has 0 spiro atoms. The van der Waals surface area contributed by atoms with E-state index in [1.165, 1.54) is 32.1 Å². The Morgan fingerprint density at radius 1 is 0.727 bits per heavy atom. The van der Waals surface area contributed by atoms with Gasteiger partial charge in [0, 0.05) is 0 Å². The van der Waals surface area contributed by atoms with Crippen LogP contribution in [0.15, 0.2) is 11.6 Å². The van der Waals surface area contributed by atoms with Crippen LogP contribution < -0.4 is 0 Å². The van der Waals surface area contributed by atoms with Crippen LogP contribution in [0.25, 0.3) is 0 Å². The molecule has 0 heterocycles. The third-order valence-corrected chi connectivity index (χ3v) is 8.10. The second-order valence-electron chi connectivity index (χ2n) is 11.4. The molecular formula is C22H38. The van der Waals surface area contributed by atoms with E-state index in [0.717, 1.165) is 17.8 Å². The minimum atomic E-state index is 0.419. The number of hydrogen-bond acceptors (Lipinski definition) is 0. The molecule has 0 aromatic rings. The van der Waals surface area contributed by atoms with Crippen LogP contribution in [0.5, 0.6) is 0 Å². The van der Waals surface area contributed by atoms with E-state index < -0.39 is 0 Å². The summed E-state index contributed by atoms with van der Waals surface area (Å²) in [5, 5.41) is 0. The fourth-order valence-corrected chi connectivity index (χ4v) is 5.92. The first-order valence-corrected chi connectivity index (χ1v) is 9.59.